The van der Waals surface area contributed by atoms with Crippen LogP contribution in [0.4, 0.5) is 14.5 Å². The van der Waals surface area contributed by atoms with Crippen molar-refractivity contribution >= 4 is 17.6 Å². The molecule has 3 aromatic rings. The van der Waals surface area contributed by atoms with Crippen LogP contribution in [-0.4, -0.2) is 23.1 Å². The van der Waals surface area contributed by atoms with Crippen LogP contribution in [0, 0.1) is 11.6 Å². The van der Waals surface area contributed by atoms with Gasteiger partial charge in [0, 0.05) is 0 Å². The third-order valence-corrected chi connectivity index (χ3v) is 5.46. The number of amides is 1. The fourth-order valence-electron chi connectivity index (χ4n) is 3.86. The summed E-state index contributed by atoms with van der Waals surface area (Å²) in [4.78, 5) is 23.8. The number of carboxylic acid groups (broad SMARTS) is 1. The molecule has 1 saturated carbocycles. The highest BCUT2D eigenvalue weighted by Crippen LogP contribution is 2.31. The SMILES string of the molecule is O=C(O)c1ccccc1C(=O)Nc1c(F)cc(-c2cccc(OC3CCCC3)c2)cc1F. The lowest BCUT2D eigenvalue weighted by molar-refractivity contribution is 0.0692. The van der Waals surface area contributed by atoms with Gasteiger partial charge in [0.2, 0.25) is 0 Å². The number of hydrogen-bond donors (Lipinski definition) is 2. The highest BCUT2D eigenvalue weighted by Gasteiger charge is 2.20. The maximum Gasteiger partial charge on any atom is 0.336 e. The van der Waals surface area contributed by atoms with Crippen LogP contribution in [0.2, 0.25) is 0 Å². The van der Waals surface area contributed by atoms with Crippen LogP contribution in [0.25, 0.3) is 11.1 Å². The molecule has 5 nitrogen and oxygen atoms in total. The lowest BCUT2D eigenvalue weighted by Crippen LogP contribution is -2.18. The van der Waals surface area contributed by atoms with E-state index >= 15 is 0 Å². The zero-order valence-corrected chi connectivity index (χ0v) is 17.1. The summed E-state index contributed by atoms with van der Waals surface area (Å²) >= 11 is 0. The molecule has 0 spiro atoms. The number of rotatable bonds is 6. The van der Waals surface area contributed by atoms with Gasteiger partial charge in [-0.3, -0.25) is 4.79 Å². The minimum absolute atomic E-state index is 0.157. The van der Waals surface area contributed by atoms with Crippen LogP contribution in [-0.2, 0) is 0 Å². The van der Waals surface area contributed by atoms with Crippen molar-refractivity contribution in [3.63, 3.8) is 0 Å². The van der Waals surface area contributed by atoms with Crippen molar-refractivity contribution in [1.82, 2.24) is 0 Å². The van der Waals surface area contributed by atoms with E-state index in [2.05, 4.69) is 5.32 Å². The Hall–Kier alpha value is -3.74. The second kappa shape index (κ2) is 9.18. The molecular formula is C25H21F2NO4. The maximum atomic E-state index is 14.8. The Kier molecular flexibility index (Phi) is 6.16. The summed E-state index contributed by atoms with van der Waals surface area (Å²) in [6.45, 7) is 0. The Balaban J connectivity index is 1.58. The highest BCUT2D eigenvalue weighted by atomic mass is 19.1. The van der Waals surface area contributed by atoms with Gasteiger partial charge >= 0.3 is 5.97 Å². The van der Waals surface area contributed by atoms with E-state index in [1.54, 1.807) is 18.2 Å². The molecule has 1 aliphatic rings. The molecule has 32 heavy (non-hydrogen) atoms. The van der Waals surface area contributed by atoms with E-state index in [0.29, 0.717) is 16.9 Å². The Bertz CT molecular complexity index is 1150. The summed E-state index contributed by atoms with van der Waals surface area (Å²) in [5.41, 5.74) is -0.230. The summed E-state index contributed by atoms with van der Waals surface area (Å²) in [6, 6.07) is 14.7. The van der Waals surface area contributed by atoms with Gasteiger partial charge < -0.3 is 15.2 Å². The normalized spacial score (nSPS) is 13.7. The summed E-state index contributed by atoms with van der Waals surface area (Å²) in [6.07, 6.45) is 4.40. The standard InChI is InChI=1S/C25H21F2NO4/c26-21-13-16(15-6-5-9-18(12-15)32-17-7-1-2-8-17)14-22(27)23(21)28-24(29)19-10-3-4-11-20(19)25(30)31/h3-6,9-14,17H,1-2,7-8H2,(H,28,29)(H,30,31). The van der Waals surface area contributed by atoms with Crippen molar-refractivity contribution in [3.05, 3.63) is 83.4 Å². The summed E-state index contributed by atoms with van der Waals surface area (Å²) < 4.78 is 35.5. The molecule has 4 rings (SSSR count). The number of hydrogen-bond acceptors (Lipinski definition) is 3. The third-order valence-electron chi connectivity index (χ3n) is 5.46. The van der Waals surface area contributed by atoms with Crippen LogP contribution in [0.1, 0.15) is 46.4 Å². The van der Waals surface area contributed by atoms with Crippen LogP contribution < -0.4 is 10.1 Å². The fraction of sp³-hybridized carbons (Fsp3) is 0.200. The smallest absolute Gasteiger partial charge is 0.336 e. The average Bonchev–Trinajstić information content (AvgIpc) is 3.29. The zero-order chi connectivity index (χ0) is 22.7. The number of carboxylic acids is 1. The number of ether oxygens (including phenoxy) is 1. The summed E-state index contributed by atoms with van der Waals surface area (Å²) in [7, 11) is 0. The van der Waals surface area contributed by atoms with Gasteiger partial charge in [-0.2, -0.15) is 0 Å². The molecule has 1 amide bonds. The van der Waals surface area contributed by atoms with Gasteiger partial charge in [0.15, 0.2) is 0 Å². The molecular weight excluding hydrogens is 416 g/mol. The van der Waals surface area contributed by atoms with Gasteiger partial charge in [-0.1, -0.05) is 24.3 Å². The summed E-state index contributed by atoms with van der Waals surface area (Å²) in [5.74, 6) is -3.53. The monoisotopic (exact) mass is 437 g/mol. The van der Waals surface area contributed by atoms with Crippen molar-refractivity contribution in [2.24, 2.45) is 0 Å². The molecule has 3 aromatic carbocycles. The van der Waals surface area contributed by atoms with Crippen LogP contribution in [0.3, 0.4) is 0 Å². The van der Waals surface area contributed by atoms with E-state index in [4.69, 9.17) is 4.74 Å². The number of halogens is 2. The number of anilines is 1. The van der Waals surface area contributed by atoms with Crippen molar-refractivity contribution < 1.29 is 28.2 Å². The van der Waals surface area contributed by atoms with Gasteiger partial charge in [-0.25, -0.2) is 13.6 Å². The zero-order valence-electron chi connectivity index (χ0n) is 17.1. The first-order valence-electron chi connectivity index (χ1n) is 10.3. The molecule has 0 saturated heterocycles. The lowest BCUT2D eigenvalue weighted by Gasteiger charge is -2.14. The third kappa shape index (κ3) is 4.61. The molecule has 1 aliphatic carbocycles. The van der Waals surface area contributed by atoms with E-state index in [1.165, 1.54) is 24.3 Å². The lowest BCUT2D eigenvalue weighted by atomic mass is 10.0. The molecule has 0 unspecified atom stereocenters. The Morgan fingerprint density at radius 1 is 0.875 bits per heavy atom. The minimum atomic E-state index is -1.31. The molecule has 0 heterocycles. The van der Waals surface area contributed by atoms with Crippen molar-refractivity contribution in [2.75, 3.05) is 5.32 Å². The first-order valence-corrected chi connectivity index (χ1v) is 10.3. The molecule has 0 aromatic heterocycles. The second-order valence-corrected chi connectivity index (χ2v) is 7.67. The van der Waals surface area contributed by atoms with Crippen molar-refractivity contribution in [3.8, 4) is 16.9 Å². The van der Waals surface area contributed by atoms with Gasteiger partial charge in [-0.15, -0.1) is 0 Å². The van der Waals surface area contributed by atoms with Crippen LogP contribution >= 0.6 is 0 Å². The first-order chi connectivity index (χ1) is 15.4. The molecule has 0 bridgehead atoms. The predicted molar refractivity (Wildman–Crippen MR) is 116 cm³/mol. The molecule has 0 aliphatic heterocycles. The largest absolute Gasteiger partial charge is 0.490 e. The second-order valence-electron chi connectivity index (χ2n) is 7.67. The highest BCUT2D eigenvalue weighted by molar-refractivity contribution is 6.10. The number of carbonyl (C=O) groups is 2. The molecule has 7 heteroatoms. The first kappa shape index (κ1) is 21.5. The quantitative estimate of drug-likeness (QED) is 0.503. The molecule has 0 atom stereocenters. The number of aromatic carboxylic acids is 1. The molecule has 2 N–H and O–H groups in total. The van der Waals surface area contributed by atoms with Crippen LogP contribution in [0.15, 0.2) is 60.7 Å². The van der Waals surface area contributed by atoms with E-state index in [-0.39, 0.29) is 17.2 Å². The summed E-state index contributed by atoms with van der Waals surface area (Å²) in [5, 5.41) is 11.4. The number of benzene rings is 3. The van der Waals surface area contributed by atoms with E-state index in [1.807, 2.05) is 6.07 Å². The Morgan fingerprint density at radius 3 is 2.19 bits per heavy atom. The van der Waals surface area contributed by atoms with E-state index in [9.17, 15) is 23.5 Å². The Labute approximate surface area is 183 Å². The van der Waals surface area contributed by atoms with Gasteiger partial charge in [0.25, 0.3) is 5.91 Å². The van der Waals surface area contributed by atoms with Gasteiger partial charge in [0.05, 0.1) is 17.2 Å². The minimum Gasteiger partial charge on any atom is -0.490 e. The average molecular weight is 437 g/mol. The predicted octanol–water partition coefficient (Wildman–Crippen LogP) is 5.90. The molecule has 164 valence electrons. The van der Waals surface area contributed by atoms with Crippen LogP contribution in [0.5, 0.6) is 5.75 Å². The molecule has 0 radical (unpaired) electrons. The number of carbonyl (C=O) groups excluding carboxylic acids is 1. The van der Waals surface area contributed by atoms with Gasteiger partial charge in [-0.05, 0) is 73.2 Å². The van der Waals surface area contributed by atoms with Gasteiger partial charge in [0.1, 0.15) is 23.1 Å². The van der Waals surface area contributed by atoms with E-state index < -0.39 is 29.2 Å². The maximum absolute atomic E-state index is 14.8. The number of nitrogens with one attached hydrogen (secondary N) is 1. The van der Waals surface area contributed by atoms with E-state index in [0.717, 1.165) is 37.8 Å². The van der Waals surface area contributed by atoms with Crippen molar-refractivity contribution in [2.45, 2.75) is 31.8 Å². The fourth-order valence-corrected chi connectivity index (χ4v) is 3.86. The topological polar surface area (TPSA) is 75.6 Å². The van der Waals surface area contributed by atoms with Crippen molar-refractivity contribution in [1.29, 1.82) is 0 Å². The molecule has 1 fully saturated rings. The Morgan fingerprint density at radius 2 is 1.53 bits per heavy atom.